The SMILES string of the molecule is CCN1CCOC(C(=O)Nc2ccc(N)nc2)C1. The number of likely N-dealkylation sites (N-methyl/N-ethyl adjacent to an activating group) is 1. The number of amides is 1. The highest BCUT2D eigenvalue weighted by atomic mass is 16.5. The van der Waals surface area contributed by atoms with Crippen LogP contribution in [0.2, 0.25) is 0 Å². The Morgan fingerprint density at radius 3 is 3.17 bits per heavy atom. The molecule has 3 N–H and O–H groups in total. The summed E-state index contributed by atoms with van der Waals surface area (Å²) in [6.45, 7) is 5.10. The number of carbonyl (C=O) groups is 1. The van der Waals surface area contributed by atoms with Gasteiger partial charge in [0, 0.05) is 13.1 Å². The number of pyridine rings is 1. The van der Waals surface area contributed by atoms with E-state index in [0.29, 0.717) is 24.7 Å². The lowest BCUT2D eigenvalue weighted by Crippen LogP contribution is -2.47. The van der Waals surface area contributed by atoms with E-state index in [1.165, 1.54) is 6.20 Å². The number of anilines is 2. The van der Waals surface area contributed by atoms with Crippen molar-refractivity contribution in [1.29, 1.82) is 0 Å². The average molecular weight is 250 g/mol. The molecule has 1 aliphatic heterocycles. The summed E-state index contributed by atoms with van der Waals surface area (Å²) < 4.78 is 5.47. The van der Waals surface area contributed by atoms with Crippen molar-refractivity contribution in [3.63, 3.8) is 0 Å². The number of nitrogens with zero attached hydrogens (tertiary/aromatic N) is 2. The van der Waals surface area contributed by atoms with E-state index in [4.69, 9.17) is 10.5 Å². The van der Waals surface area contributed by atoms with E-state index in [0.717, 1.165) is 13.1 Å². The van der Waals surface area contributed by atoms with Crippen molar-refractivity contribution in [3.8, 4) is 0 Å². The van der Waals surface area contributed by atoms with Crippen molar-refractivity contribution >= 4 is 17.4 Å². The number of ether oxygens (including phenoxy) is 1. The average Bonchev–Trinajstić information content (AvgIpc) is 2.41. The summed E-state index contributed by atoms with van der Waals surface area (Å²) in [5.74, 6) is 0.291. The molecule has 0 aliphatic carbocycles. The van der Waals surface area contributed by atoms with Crippen molar-refractivity contribution in [1.82, 2.24) is 9.88 Å². The highest BCUT2D eigenvalue weighted by Gasteiger charge is 2.25. The van der Waals surface area contributed by atoms with Crippen LogP contribution in [0, 0.1) is 0 Å². The molecule has 1 amide bonds. The van der Waals surface area contributed by atoms with Gasteiger partial charge in [0.1, 0.15) is 11.9 Å². The minimum Gasteiger partial charge on any atom is -0.384 e. The maximum absolute atomic E-state index is 12.0. The third-order valence-corrected chi connectivity index (χ3v) is 2.94. The molecule has 98 valence electrons. The smallest absolute Gasteiger partial charge is 0.254 e. The van der Waals surface area contributed by atoms with Crippen LogP contribution in [-0.2, 0) is 9.53 Å². The summed E-state index contributed by atoms with van der Waals surface area (Å²) in [6, 6.07) is 3.37. The molecule has 0 radical (unpaired) electrons. The Morgan fingerprint density at radius 2 is 2.50 bits per heavy atom. The van der Waals surface area contributed by atoms with Crippen molar-refractivity contribution < 1.29 is 9.53 Å². The second kappa shape index (κ2) is 5.79. The molecule has 1 aromatic heterocycles. The molecule has 6 nitrogen and oxygen atoms in total. The molecule has 1 aliphatic rings. The van der Waals surface area contributed by atoms with Crippen LogP contribution in [0.15, 0.2) is 18.3 Å². The lowest BCUT2D eigenvalue weighted by atomic mass is 10.2. The maximum Gasteiger partial charge on any atom is 0.254 e. The highest BCUT2D eigenvalue weighted by Crippen LogP contribution is 2.10. The van der Waals surface area contributed by atoms with Crippen LogP contribution in [0.5, 0.6) is 0 Å². The molecule has 1 unspecified atom stereocenters. The lowest BCUT2D eigenvalue weighted by molar-refractivity contribution is -0.132. The molecule has 1 atom stereocenters. The number of nitrogens with two attached hydrogens (primary N) is 1. The predicted octanol–water partition coefficient (Wildman–Crippen LogP) is 0.323. The van der Waals surface area contributed by atoms with Crippen LogP contribution in [-0.4, -0.2) is 48.1 Å². The Morgan fingerprint density at radius 1 is 1.67 bits per heavy atom. The summed E-state index contributed by atoms with van der Waals surface area (Å²) in [5.41, 5.74) is 6.11. The normalized spacial score (nSPS) is 20.6. The van der Waals surface area contributed by atoms with Gasteiger partial charge in [0.2, 0.25) is 0 Å². The van der Waals surface area contributed by atoms with Gasteiger partial charge in [-0.05, 0) is 18.7 Å². The molecule has 0 bridgehead atoms. The Kier molecular flexibility index (Phi) is 4.11. The number of hydrogen-bond donors (Lipinski definition) is 2. The number of carbonyl (C=O) groups excluding carboxylic acids is 1. The number of nitrogens with one attached hydrogen (secondary N) is 1. The summed E-state index contributed by atoms with van der Waals surface area (Å²) >= 11 is 0. The van der Waals surface area contributed by atoms with E-state index < -0.39 is 6.10 Å². The second-order valence-corrected chi connectivity index (χ2v) is 4.21. The van der Waals surface area contributed by atoms with E-state index in [2.05, 4.69) is 22.1 Å². The van der Waals surface area contributed by atoms with Gasteiger partial charge in [-0.2, -0.15) is 0 Å². The van der Waals surface area contributed by atoms with Gasteiger partial charge < -0.3 is 15.8 Å². The maximum atomic E-state index is 12.0. The molecular weight excluding hydrogens is 232 g/mol. The minimum atomic E-state index is -0.420. The van der Waals surface area contributed by atoms with Gasteiger partial charge >= 0.3 is 0 Å². The first-order chi connectivity index (χ1) is 8.69. The van der Waals surface area contributed by atoms with Gasteiger partial charge in [-0.15, -0.1) is 0 Å². The fraction of sp³-hybridized carbons (Fsp3) is 0.500. The number of aromatic nitrogens is 1. The molecule has 18 heavy (non-hydrogen) atoms. The van der Waals surface area contributed by atoms with E-state index >= 15 is 0 Å². The third kappa shape index (κ3) is 3.18. The van der Waals surface area contributed by atoms with Crippen LogP contribution in [0.3, 0.4) is 0 Å². The fourth-order valence-corrected chi connectivity index (χ4v) is 1.85. The van der Waals surface area contributed by atoms with E-state index in [-0.39, 0.29) is 5.91 Å². The van der Waals surface area contributed by atoms with Crippen molar-refractivity contribution in [2.24, 2.45) is 0 Å². The van der Waals surface area contributed by atoms with Crippen LogP contribution in [0.1, 0.15) is 6.92 Å². The molecule has 2 rings (SSSR count). The fourth-order valence-electron chi connectivity index (χ4n) is 1.85. The van der Waals surface area contributed by atoms with E-state index in [1.54, 1.807) is 12.1 Å². The van der Waals surface area contributed by atoms with Crippen LogP contribution < -0.4 is 11.1 Å². The van der Waals surface area contributed by atoms with Crippen molar-refractivity contribution in [3.05, 3.63) is 18.3 Å². The number of hydrogen-bond acceptors (Lipinski definition) is 5. The number of rotatable bonds is 3. The zero-order chi connectivity index (χ0) is 13.0. The second-order valence-electron chi connectivity index (χ2n) is 4.21. The molecule has 1 fully saturated rings. The zero-order valence-corrected chi connectivity index (χ0v) is 10.4. The number of morpholine rings is 1. The third-order valence-electron chi connectivity index (χ3n) is 2.94. The first kappa shape index (κ1) is 12.8. The molecule has 1 saturated heterocycles. The lowest BCUT2D eigenvalue weighted by Gasteiger charge is -2.31. The minimum absolute atomic E-state index is 0.139. The largest absolute Gasteiger partial charge is 0.384 e. The topological polar surface area (TPSA) is 80.5 Å². The Balaban J connectivity index is 1.93. The summed E-state index contributed by atoms with van der Waals surface area (Å²) in [4.78, 5) is 18.1. The van der Waals surface area contributed by atoms with Crippen molar-refractivity contribution in [2.75, 3.05) is 37.3 Å². The van der Waals surface area contributed by atoms with Gasteiger partial charge in [-0.1, -0.05) is 6.92 Å². The molecule has 0 aromatic carbocycles. The van der Waals surface area contributed by atoms with Crippen LogP contribution in [0.4, 0.5) is 11.5 Å². The van der Waals surface area contributed by atoms with Gasteiger partial charge in [0.25, 0.3) is 5.91 Å². The van der Waals surface area contributed by atoms with Gasteiger partial charge in [-0.25, -0.2) is 4.98 Å². The standard InChI is InChI=1S/C12H18N4O2/c1-2-16-5-6-18-10(8-16)12(17)15-9-3-4-11(13)14-7-9/h3-4,7,10H,2,5-6,8H2,1H3,(H2,13,14)(H,15,17). The van der Waals surface area contributed by atoms with Gasteiger partial charge in [-0.3, -0.25) is 9.69 Å². The molecular formula is C12H18N4O2. The number of nitrogen functional groups attached to an aromatic ring is 1. The Labute approximate surface area is 106 Å². The highest BCUT2D eigenvalue weighted by molar-refractivity contribution is 5.94. The van der Waals surface area contributed by atoms with Crippen molar-refractivity contribution in [2.45, 2.75) is 13.0 Å². The summed E-state index contributed by atoms with van der Waals surface area (Å²) in [5, 5.41) is 2.77. The zero-order valence-electron chi connectivity index (χ0n) is 10.4. The Bertz CT molecular complexity index is 407. The van der Waals surface area contributed by atoms with Crippen LogP contribution in [0.25, 0.3) is 0 Å². The first-order valence-electron chi connectivity index (χ1n) is 6.05. The molecule has 0 spiro atoms. The molecule has 0 saturated carbocycles. The molecule has 1 aromatic rings. The van der Waals surface area contributed by atoms with Gasteiger partial charge in [0.05, 0.1) is 18.5 Å². The molecule has 6 heteroatoms. The predicted molar refractivity (Wildman–Crippen MR) is 69.1 cm³/mol. The monoisotopic (exact) mass is 250 g/mol. The molecule has 2 heterocycles. The first-order valence-corrected chi connectivity index (χ1v) is 6.05. The summed E-state index contributed by atoms with van der Waals surface area (Å²) in [7, 11) is 0. The van der Waals surface area contributed by atoms with Crippen LogP contribution >= 0.6 is 0 Å². The summed E-state index contributed by atoms with van der Waals surface area (Å²) in [6.07, 6.45) is 1.12. The van der Waals surface area contributed by atoms with E-state index in [1.807, 2.05) is 0 Å². The van der Waals surface area contributed by atoms with E-state index in [9.17, 15) is 4.79 Å². The Hall–Kier alpha value is -1.66. The van der Waals surface area contributed by atoms with Gasteiger partial charge in [0.15, 0.2) is 0 Å². The quantitative estimate of drug-likeness (QED) is 0.807.